The van der Waals surface area contributed by atoms with Crippen molar-refractivity contribution in [3.05, 3.63) is 64.9 Å². The van der Waals surface area contributed by atoms with Gasteiger partial charge in [0.1, 0.15) is 6.33 Å². The van der Waals surface area contributed by atoms with E-state index in [1.165, 1.54) is 10.6 Å². The maximum Gasteiger partial charge on any atom is 0.243 e. The van der Waals surface area contributed by atoms with Crippen LogP contribution in [0.4, 0.5) is 5.82 Å². The van der Waals surface area contributed by atoms with E-state index in [0.717, 1.165) is 16.8 Å². The van der Waals surface area contributed by atoms with Gasteiger partial charge in [-0.1, -0.05) is 34.5 Å². The monoisotopic (exact) mass is 483 g/mol. The van der Waals surface area contributed by atoms with E-state index < -0.39 is 10.0 Å². The van der Waals surface area contributed by atoms with E-state index in [0.29, 0.717) is 53.1 Å². The summed E-state index contributed by atoms with van der Waals surface area (Å²) in [4.78, 5) is 11.2. The Bertz CT molecular complexity index is 1430. The minimum atomic E-state index is -3.56. The summed E-state index contributed by atoms with van der Waals surface area (Å²) in [5.74, 6) is 0.642. The molecule has 170 valence electrons. The van der Waals surface area contributed by atoms with E-state index in [1.54, 1.807) is 22.9 Å². The van der Waals surface area contributed by atoms with E-state index in [4.69, 9.17) is 11.6 Å². The number of fused-ring (bicyclic) bond motifs is 1. The topological polar surface area (TPSA) is 97.1 Å². The first kappa shape index (κ1) is 21.7. The first-order valence-electron chi connectivity index (χ1n) is 10.5. The molecule has 0 amide bonds. The van der Waals surface area contributed by atoms with Crippen molar-refractivity contribution in [1.29, 1.82) is 0 Å². The minimum absolute atomic E-state index is 0.354. The Balaban J connectivity index is 1.39. The molecule has 0 atom stereocenters. The number of aryl methyl sites for hydroxylation is 2. The SMILES string of the molecule is Cc1ccc(S(=O)(=O)N2CCN(c3ncnc4c3nnn4-c3ccc(Cl)cc3)CC2)c(C)c1. The molecule has 33 heavy (non-hydrogen) atoms. The Labute approximate surface area is 196 Å². The first-order valence-corrected chi connectivity index (χ1v) is 12.3. The Morgan fingerprint density at radius 3 is 2.36 bits per heavy atom. The predicted octanol–water partition coefficient (Wildman–Crippen LogP) is 2.99. The number of anilines is 1. The van der Waals surface area contributed by atoms with Crippen molar-refractivity contribution in [1.82, 2.24) is 29.3 Å². The van der Waals surface area contributed by atoms with Gasteiger partial charge in [0.05, 0.1) is 10.6 Å². The summed E-state index contributed by atoms with van der Waals surface area (Å²) in [5.41, 5.74) is 3.73. The van der Waals surface area contributed by atoms with Crippen LogP contribution in [0, 0.1) is 13.8 Å². The highest BCUT2D eigenvalue weighted by Gasteiger charge is 2.31. The molecule has 11 heteroatoms. The second-order valence-electron chi connectivity index (χ2n) is 8.01. The number of halogens is 1. The highest BCUT2D eigenvalue weighted by molar-refractivity contribution is 7.89. The Hall–Kier alpha value is -3.08. The van der Waals surface area contributed by atoms with Gasteiger partial charge in [0.25, 0.3) is 0 Å². The van der Waals surface area contributed by atoms with Crippen molar-refractivity contribution < 1.29 is 8.42 Å². The van der Waals surface area contributed by atoms with Crippen LogP contribution in [0.25, 0.3) is 16.9 Å². The van der Waals surface area contributed by atoms with Gasteiger partial charge in [-0.25, -0.2) is 18.4 Å². The fraction of sp³-hybridized carbons (Fsp3) is 0.273. The molecule has 2 aromatic heterocycles. The molecule has 0 N–H and O–H groups in total. The summed E-state index contributed by atoms with van der Waals surface area (Å²) in [6.45, 7) is 5.47. The average Bonchev–Trinajstić information content (AvgIpc) is 3.24. The molecule has 1 aliphatic heterocycles. The zero-order valence-electron chi connectivity index (χ0n) is 18.2. The molecule has 0 radical (unpaired) electrons. The van der Waals surface area contributed by atoms with Crippen LogP contribution in [-0.4, -0.2) is 63.9 Å². The quantitative estimate of drug-likeness (QED) is 0.440. The van der Waals surface area contributed by atoms with E-state index in [2.05, 4.69) is 20.3 Å². The molecule has 1 aliphatic rings. The van der Waals surface area contributed by atoms with Crippen LogP contribution in [-0.2, 0) is 10.0 Å². The largest absolute Gasteiger partial charge is 0.352 e. The van der Waals surface area contributed by atoms with Crippen molar-refractivity contribution in [2.75, 3.05) is 31.1 Å². The fourth-order valence-corrected chi connectivity index (χ4v) is 5.85. The van der Waals surface area contributed by atoms with Gasteiger partial charge in [0, 0.05) is 31.2 Å². The number of aromatic nitrogens is 5. The minimum Gasteiger partial charge on any atom is -0.352 e. The normalized spacial score (nSPS) is 15.3. The molecule has 0 bridgehead atoms. The van der Waals surface area contributed by atoms with Crippen molar-refractivity contribution >= 4 is 38.6 Å². The maximum atomic E-state index is 13.2. The van der Waals surface area contributed by atoms with Crippen molar-refractivity contribution in [3.8, 4) is 5.69 Å². The second kappa shape index (κ2) is 8.36. The smallest absolute Gasteiger partial charge is 0.243 e. The highest BCUT2D eigenvalue weighted by atomic mass is 35.5. The molecule has 3 heterocycles. The molecule has 0 saturated carbocycles. The zero-order chi connectivity index (χ0) is 23.2. The lowest BCUT2D eigenvalue weighted by molar-refractivity contribution is 0.384. The van der Waals surface area contributed by atoms with Gasteiger partial charge in [0.15, 0.2) is 17.0 Å². The van der Waals surface area contributed by atoms with Crippen LogP contribution in [0.5, 0.6) is 0 Å². The van der Waals surface area contributed by atoms with E-state index in [1.807, 2.05) is 43.0 Å². The summed E-state index contributed by atoms with van der Waals surface area (Å²) < 4.78 is 29.6. The molecular formula is C22H22ClN7O2S. The summed E-state index contributed by atoms with van der Waals surface area (Å²) in [7, 11) is -3.56. The Morgan fingerprint density at radius 1 is 0.939 bits per heavy atom. The van der Waals surface area contributed by atoms with E-state index in [9.17, 15) is 8.42 Å². The average molecular weight is 484 g/mol. The molecule has 0 unspecified atom stereocenters. The third-order valence-corrected chi connectivity index (χ3v) is 8.09. The lowest BCUT2D eigenvalue weighted by Gasteiger charge is -2.34. The third-order valence-electron chi connectivity index (χ3n) is 5.78. The molecule has 0 aliphatic carbocycles. The van der Waals surface area contributed by atoms with Crippen LogP contribution in [0.3, 0.4) is 0 Å². The van der Waals surface area contributed by atoms with Crippen LogP contribution < -0.4 is 4.90 Å². The number of rotatable bonds is 4. The lowest BCUT2D eigenvalue weighted by Crippen LogP contribution is -2.49. The molecule has 1 saturated heterocycles. The number of hydrogen-bond acceptors (Lipinski definition) is 7. The number of piperazine rings is 1. The third kappa shape index (κ3) is 3.94. The summed E-state index contributed by atoms with van der Waals surface area (Å²) in [6, 6.07) is 12.7. The Kier molecular flexibility index (Phi) is 5.51. The molecular weight excluding hydrogens is 462 g/mol. The van der Waals surface area contributed by atoms with Gasteiger partial charge in [-0.3, -0.25) is 0 Å². The zero-order valence-corrected chi connectivity index (χ0v) is 19.8. The molecule has 0 spiro atoms. The fourth-order valence-electron chi connectivity index (χ4n) is 4.09. The van der Waals surface area contributed by atoms with Crippen LogP contribution in [0.15, 0.2) is 53.7 Å². The van der Waals surface area contributed by atoms with Crippen molar-refractivity contribution in [3.63, 3.8) is 0 Å². The number of hydrogen-bond donors (Lipinski definition) is 0. The van der Waals surface area contributed by atoms with Gasteiger partial charge in [-0.05, 0) is 49.7 Å². The van der Waals surface area contributed by atoms with Gasteiger partial charge in [-0.2, -0.15) is 8.99 Å². The highest BCUT2D eigenvalue weighted by Crippen LogP contribution is 2.26. The number of benzene rings is 2. The van der Waals surface area contributed by atoms with E-state index >= 15 is 0 Å². The first-order chi connectivity index (χ1) is 15.8. The number of sulfonamides is 1. The molecule has 4 aromatic rings. The molecule has 1 fully saturated rings. The van der Waals surface area contributed by atoms with Gasteiger partial charge in [-0.15, -0.1) is 5.10 Å². The van der Waals surface area contributed by atoms with Gasteiger partial charge in [0.2, 0.25) is 10.0 Å². The Morgan fingerprint density at radius 2 is 1.67 bits per heavy atom. The summed E-state index contributed by atoms with van der Waals surface area (Å²) in [5, 5.41) is 9.19. The number of nitrogens with zero attached hydrogens (tertiary/aromatic N) is 7. The lowest BCUT2D eigenvalue weighted by atomic mass is 10.2. The molecule has 9 nitrogen and oxygen atoms in total. The predicted molar refractivity (Wildman–Crippen MR) is 126 cm³/mol. The van der Waals surface area contributed by atoms with Crippen LogP contribution in [0.2, 0.25) is 5.02 Å². The second-order valence-corrected chi connectivity index (χ2v) is 10.4. The van der Waals surface area contributed by atoms with Gasteiger partial charge >= 0.3 is 0 Å². The van der Waals surface area contributed by atoms with Gasteiger partial charge < -0.3 is 4.90 Å². The van der Waals surface area contributed by atoms with E-state index in [-0.39, 0.29) is 0 Å². The molecule has 2 aromatic carbocycles. The maximum absolute atomic E-state index is 13.2. The standard InChI is InChI=1S/C22H22ClN7O2S/c1-15-3-8-19(16(2)13-15)33(31,32)29-11-9-28(10-12-29)21-20-22(25-14-24-21)30(27-26-20)18-6-4-17(23)5-7-18/h3-8,13-14H,9-12H2,1-2H3. The van der Waals surface area contributed by atoms with Crippen molar-refractivity contribution in [2.24, 2.45) is 0 Å². The van der Waals surface area contributed by atoms with Crippen LogP contribution in [0.1, 0.15) is 11.1 Å². The van der Waals surface area contributed by atoms with Crippen molar-refractivity contribution in [2.45, 2.75) is 18.7 Å². The molecule has 5 rings (SSSR count). The van der Waals surface area contributed by atoms with Crippen LogP contribution >= 0.6 is 11.6 Å². The summed E-state index contributed by atoms with van der Waals surface area (Å²) in [6.07, 6.45) is 1.48. The summed E-state index contributed by atoms with van der Waals surface area (Å²) >= 11 is 5.99.